The first-order valence-electron chi connectivity index (χ1n) is 7.21. The van der Waals surface area contributed by atoms with Crippen LogP contribution < -0.4 is 5.73 Å². The van der Waals surface area contributed by atoms with E-state index >= 15 is 0 Å². The van der Waals surface area contributed by atoms with Gasteiger partial charge in [0.2, 0.25) is 0 Å². The van der Waals surface area contributed by atoms with Crippen molar-refractivity contribution in [3.05, 3.63) is 48.0 Å². The number of benzene rings is 2. The van der Waals surface area contributed by atoms with Gasteiger partial charge in [0.25, 0.3) is 0 Å². The van der Waals surface area contributed by atoms with Gasteiger partial charge in [-0.15, -0.1) is 0 Å². The van der Waals surface area contributed by atoms with E-state index in [-0.39, 0.29) is 6.04 Å². The van der Waals surface area contributed by atoms with Gasteiger partial charge < -0.3 is 10.5 Å². The van der Waals surface area contributed by atoms with Crippen LogP contribution in [-0.2, 0) is 4.74 Å². The molecule has 1 aliphatic rings. The predicted octanol–water partition coefficient (Wildman–Crippen LogP) is 3.75. The Morgan fingerprint density at radius 1 is 1.25 bits per heavy atom. The highest BCUT2D eigenvalue weighted by atomic mass is 32.2. The fourth-order valence-electron chi connectivity index (χ4n) is 2.69. The van der Waals surface area contributed by atoms with E-state index < -0.39 is 0 Å². The molecular formula is C17H21NOS. The average Bonchev–Trinajstić information content (AvgIpc) is 2.89. The SMILES string of the molecule is CC1OCCC1SCC(N)c1ccc2ccccc2c1. The molecule has 0 amide bonds. The molecule has 0 spiro atoms. The van der Waals surface area contributed by atoms with Crippen molar-refractivity contribution in [2.24, 2.45) is 5.73 Å². The van der Waals surface area contributed by atoms with E-state index in [2.05, 4.69) is 49.4 Å². The van der Waals surface area contributed by atoms with Gasteiger partial charge >= 0.3 is 0 Å². The Balaban J connectivity index is 1.67. The van der Waals surface area contributed by atoms with E-state index in [1.165, 1.54) is 16.3 Å². The van der Waals surface area contributed by atoms with Gasteiger partial charge in [-0.1, -0.05) is 36.4 Å². The molecular weight excluding hydrogens is 266 g/mol. The molecule has 2 nitrogen and oxygen atoms in total. The molecule has 2 N–H and O–H groups in total. The summed E-state index contributed by atoms with van der Waals surface area (Å²) in [5.74, 6) is 0.955. The number of nitrogens with two attached hydrogens (primary N) is 1. The van der Waals surface area contributed by atoms with Crippen molar-refractivity contribution in [2.75, 3.05) is 12.4 Å². The maximum Gasteiger partial charge on any atom is 0.0666 e. The van der Waals surface area contributed by atoms with Crippen LogP contribution in [0, 0.1) is 0 Å². The monoisotopic (exact) mass is 287 g/mol. The summed E-state index contributed by atoms with van der Waals surface area (Å²) in [6, 6.07) is 15.1. The summed E-state index contributed by atoms with van der Waals surface area (Å²) >= 11 is 1.95. The number of ether oxygens (including phenoxy) is 1. The molecule has 2 aromatic rings. The molecule has 2 aromatic carbocycles. The van der Waals surface area contributed by atoms with E-state index in [0.29, 0.717) is 11.4 Å². The summed E-state index contributed by atoms with van der Waals surface area (Å²) < 4.78 is 5.60. The third-order valence-corrected chi connectivity index (χ3v) is 5.60. The highest BCUT2D eigenvalue weighted by Gasteiger charge is 2.25. The zero-order chi connectivity index (χ0) is 13.9. The van der Waals surface area contributed by atoms with Gasteiger partial charge in [0.15, 0.2) is 0 Å². The van der Waals surface area contributed by atoms with E-state index in [9.17, 15) is 0 Å². The average molecular weight is 287 g/mol. The second kappa shape index (κ2) is 6.17. The summed E-state index contributed by atoms with van der Waals surface area (Å²) in [6.45, 7) is 3.05. The van der Waals surface area contributed by atoms with Gasteiger partial charge in [0.05, 0.1) is 6.10 Å². The normalized spacial score (nSPS) is 24.1. The lowest BCUT2D eigenvalue weighted by Gasteiger charge is -2.17. The largest absolute Gasteiger partial charge is 0.377 e. The first-order valence-corrected chi connectivity index (χ1v) is 8.26. The topological polar surface area (TPSA) is 35.2 Å². The lowest BCUT2D eigenvalue weighted by Crippen LogP contribution is -2.19. The fraction of sp³-hybridized carbons (Fsp3) is 0.412. The Kier molecular flexibility index (Phi) is 4.29. The van der Waals surface area contributed by atoms with Crippen LogP contribution in [0.15, 0.2) is 42.5 Å². The Bertz CT molecular complexity index is 586. The van der Waals surface area contributed by atoms with E-state index in [1.54, 1.807) is 0 Å². The van der Waals surface area contributed by atoms with Crippen LogP contribution in [0.1, 0.15) is 24.9 Å². The number of hydrogen-bond acceptors (Lipinski definition) is 3. The van der Waals surface area contributed by atoms with Gasteiger partial charge in [0, 0.05) is 23.7 Å². The first kappa shape index (κ1) is 13.9. The molecule has 0 saturated carbocycles. The van der Waals surface area contributed by atoms with Crippen LogP contribution in [0.5, 0.6) is 0 Å². The molecule has 0 bridgehead atoms. The van der Waals surface area contributed by atoms with Crippen molar-refractivity contribution in [1.29, 1.82) is 0 Å². The van der Waals surface area contributed by atoms with Gasteiger partial charge in [-0.25, -0.2) is 0 Å². The Morgan fingerprint density at radius 3 is 2.80 bits per heavy atom. The first-order chi connectivity index (χ1) is 9.74. The third kappa shape index (κ3) is 3.00. The molecule has 3 atom stereocenters. The standard InChI is InChI=1S/C17H21NOS/c1-12-17(8-9-19-12)20-11-16(18)15-7-6-13-4-2-3-5-14(13)10-15/h2-7,10,12,16-17H,8-9,11,18H2,1H3. The number of rotatable bonds is 4. The molecule has 106 valence electrons. The van der Waals surface area contributed by atoms with Crippen LogP contribution in [0.4, 0.5) is 0 Å². The van der Waals surface area contributed by atoms with Crippen LogP contribution >= 0.6 is 11.8 Å². The minimum atomic E-state index is 0.0948. The number of fused-ring (bicyclic) bond motifs is 1. The van der Waals surface area contributed by atoms with Gasteiger partial charge in [-0.05, 0) is 35.7 Å². The maximum atomic E-state index is 6.35. The molecule has 0 radical (unpaired) electrons. The predicted molar refractivity (Wildman–Crippen MR) is 87.2 cm³/mol. The Morgan fingerprint density at radius 2 is 2.05 bits per heavy atom. The molecule has 1 aliphatic heterocycles. The van der Waals surface area contributed by atoms with Crippen molar-refractivity contribution < 1.29 is 4.74 Å². The Hall–Kier alpha value is -1.03. The Labute approximate surface area is 124 Å². The van der Waals surface area contributed by atoms with Crippen molar-refractivity contribution >= 4 is 22.5 Å². The van der Waals surface area contributed by atoms with Gasteiger partial charge in [0.1, 0.15) is 0 Å². The van der Waals surface area contributed by atoms with Crippen LogP contribution in [0.2, 0.25) is 0 Å². The molecule has 1 fully saturated rings. The van der Waals surface area contributed by atoms with Gasteiger partial charge in [-0.2, -0.15) is 11.8 Å². The van der Waals surface area contributed by atoms with Crippen molar-refractivity contribution in [3.8, 4) is 0 Å². The summed E-state index contributed by atoms with van der Waals surface area (Å²) in [7, 11) is 0. The van der Waals surface area contributed by atoms with Crippen molar-refractivity contribution in [1.82, 2.24) is 0 Å². The third-order valence-electron chi connectivity index (χ3n) is 4.00. The van der Waals surface area contributed by atoms with Crippen LogP contribution in [0.25, 0.3) is 10.8 Å². The lowest BCUT2D eigenvalue weighted by molar-refractivity contribution is 0.127. The van der Waals surface area contributed by atoms with E-state index in [4.69, 9.17) is 10.5 Å². The summed E-state index contributed by atoms with van der Waals surface area (Å²) in [6.07, 6.45) is 1.51. The second-order valence-electron chi connectivity index (χ2n) is 5.45. The highest BCUT2D eigenvalue weighted by Crippen LogP contribution is 2.29. The summed E-state index contributed by atoms with van der Waals surface area (Å²) in [5.41, 5.74) is 7.57. The summed E-state index contributed by atoms with van der Waals surface area (Å²) in [5, 5.41) is 3.14. The van der Waals surface area contributed by atoms with Crippen molar-refractivity contribution in [3.63, 3.8) is 0 Å². The van der Waals surface area contributed by atoms with Crippen LogP contribution in [0.3, 0.4) is 0 Å². The van der Waals surface area contributed by atoms with Crippen LogP contribution in [-0.4, -0.2) is 23.7 Å². The molecule has 20 heavy (non-hydrogen) atoms. The smallest absolute Gasteiger partial charge is 0.0666 e. The zero-order valence-electron chi connectivity index (χ0n) is 11.8. The second-order valence-corrected chi connectivity index (χ2v) is 6.72. The van der Waals surface area contributed by atoms with E-state index in [1.807, 2.05) is 11.8 Å². The fourth-order valence-corrected chi connectivity index (χ4v) is 3.95. The van der Waals surface area contributed by atoms with E-state index in [0.717, 1.165) is 18.8 Å². The lowest BCUT2D eigenvalue weighted by atomic mass is 10.0. The van der Waals surface area contributed by atoms with Gasteiger partial charge in [-0.3, -0.25) is 0 Å². The summed E-state index contributed by atoms with van der Waals surface area (Å²) in [4.78, 5) is 0. The molecule has 0 aliphatic carbocycles. The maximum absolute atomic E-state index is 6.35. The molecule has 3 heteroatoms. The number of thioether (sulfide) groups is 1. The number of hydrogen-bond donors (Lipinski definition) is 1. The minimum absolute atomic E-state index is 0.0948. The minimum Gasteiger partial charge on any atom is -0.377 e. The molecule has 1 heterocycles. The van der Waals surface area contributed by atoms with Crippen molar-refractivity contribution in [2.45, 2.75) is 30.7 Å². The molecule has 0 aromatic heterocycles. The molecule has 1 saturated heterocycles. The highest BCUT2D eigenvalue weighted by molar-refractivity contribution is 8.00. The molecule has 3 rings (SSSR count). The zero-order valence-corrected chi connectivity index (χ0v) is 12.6. The molecule has 3 unspecified atom stereocenters. The quantitative estimate of drug-likeness (QED) is 0.930.